The number of alkyl halides is 8. The van der Waals surface area contributed by atoms with E-state index in [0.717, 1.165) is 17.4 Å². The molecule has 0 bridgehead atoms. The Morgan fingerprint density at radius 2 is 1.61 bits per heavy atom. The van der Waals surface area contributed by atoms with Crippen molar-refractivity contribution in [2.45, 2.75) is 24.2 Å². The minimum atomic E-state index is -6.67. The predicted molar refractivity (Wildman–Crippen MR) is 62.0 cm³/mol. The van der Waals surface area contributed by atoms with Crippen molar-refractivity contribution >= 4 is 17.3 Å². The molecule has 0 saturated carbocycles. The van der Waals surface area contributed by atoms with Crippen LogP contribution in [0.1, 0.15) is 0 Å². The molecule has 0 aliphatic carbocycles. The number of phenols is 1. The lowest BCUT2D eigenvalue weighted by Crippen LogP contribution is -2.61. The summed E-state index contributed by atoms with van der Waals surface area (Å²) < 4.78 is 102. The standard InChI is InChI=1S/C11H8F8N2O2/c12-7(13)9(14,15)11(18,19)10(16,17)8(23)21-5-1-4(20)2-6(22)3-5/h1-3,7,22H,20H2,(H,21,23). The van der Waals surface area contributed by atoms with Crippen molar-refractivity contribution in [3.05, 3.63) is 18.2 Å². The van der Waals surface area contributed by atoms with Crippen LogP contribution in [0, 0.1) is 0 Å². The smallest absolute Gasteiger partial charge is 0.393 e. The van der Waals surface area contributed by atoms with Crippen LogP contribution in [0.15, 0.2) is 18.2 Å². The van der Waals surface area contributed by atoms with Crippen molar-refractivity contribution < 1.29 is 45.0 Å². The summed E-state index contributed by atoms with van der Waals surface area (Å²) in [4.78, 5) is 11.1. The van der Waals surface area contributed by atoms with Crippen molar-refractivity contribution in [1.82, 2.24) is 0 Å². The first-order valence-corrected chi connectivity index (χ1v) is 5.56. The minimum Gasteiger partial charge on any atom is -0.508 e. The average molecular weight is 352 g/mol. The van der Waals surface area contributed by atoms with E-state index in [2.05, 4.69) is 0 Å². The van der Waals surface area contributed by atoms with Crippen LogP contribution in [0.5, 0.6) is 5.75 Å². The molecular weight excluding hydrogens is 344 g/mol. The number of aromatic hydroxyl groups is 1. The number of rotatable bonds is 5. The van der Waals surface area contributed by atoms with Crippen LogP contribution in [0.2, 0.25) is 0 Å². The number of benzene rings is 1. The molecule has 0 aliphatic rings. The second kappa shape index (κ2) is 5.74. The highest BCUT2D eigenvalue weighted by Gasteiger charge is 2.78. The van der Waals surface area contributed by atoms with E-state index < -0.39 is 41.5 Å². The molecule has 1 amide bonds. The average Bonchev–Trinajstić information content (AvgIpc) is 2.36. The van der Waals surface area contributed by atoms with Gasteiger partial charge in [0.05, 0.1) is 0 Å². The lowest BCUT2D eigenvalue weighted by Gasteiger charge is -2.31. The van der Waals surface area contributed by atoms with E-state index in [1.165, 1.54) is 0 Å². The molecule has 4 N–H and O–H groups in total. The van der Waals surface area contributed by atoms with Gasteiger partial charge in [-0.1, -0.05) is 0 Å². The van der Waals surface area contributed by atoms with Crippen molar-refractivity contribution in [3.63, 3.8) is 0 Å². The molecule has 12 heteroatoms. The summed E-state index contributed by atoms with van der Waals surface area (Å²) in [7, 11) is 0. The van der Waals surface area contributed by atoms with E-state index in [9.17, 15) is 39.9 Å². The number of carbonyl (C=O) groups is 1. The van der Waals surface area contributed by atoms with Crippen LogP contribution in [0.25, 0.3) is 0 Å². The summed E-state index contributed by atoms with van der Waals surface area (Å²) in [6.45, 7) is 0. The largest absolute Gasteiger partial charge is 0.508 e. The Bertz CT molecular complexity index is 585. The lowest BCUT2D eigenvalue weighted by molar-refractivity contribution is -0.326. The van der Waals surface area contributed by atoms with Gasteiger partial charge in [0.1, 0.15) is 5.75 Å². The van der Waals surface area contributed by atoms with Crippen LogP contribution in [-0.2, 0) is 4.79 Å². The molecule has 130 valence electrons. The summed E-state index contributed by atoms with van der Waals surface area (Å²) in [5.41, 5.74) is 4.16. The molecule has 0 aliphatic heterocycles. The lowest BCUT2D eigenvalue weighted by atomic mass is 10.0. The number of halogens is 8. The highest BCUT2D eigenvalue weighted by molar-refractivity contribution is 5.97. The monoisotopic (exact) mass is 352 g/mol. The molecule has 0 saturated heterocycles. The third kappa shape index (κ3) is 3.24. The maximum absolute atomic E-state index is 13.3. The van der Waals surface area contributed by atoms with Gasteiger partial charge in [-0.2, -0.15) is 26.3 Å². The van der Waals surface area contributed by atoms with Gasteiger partial charge in [-0.05, 0) is 6.07 Å². The highest BCUT2D eigenvalue weighted by Crippen LogP contribution is 2.48. The van der Waals surface area contributed by atoms with Crippen molar-refractivity contribution in [3.8, 4) is 5.75 Å². The van der Waals surface area contributed by atoms with Gasteiger partial charge in [-0.3, -0.25) is 4.79 Å². The summed E-state index contributed by atoms with van der Waals surface area (Å²) in [5, 5.41) is 10.2. The Balaban J connectivity index is 3.14. The number of phenolic OH excluding ortho intramolecular Hbond substituents is 1. The van der Waals surface area contributed by atoms with Gasteiger partial charge >= 0.3 is 30.1 Å². The number of hydrogen-bond acceptors (Lipinski definition) is 3. The van der Waals surface area contributed by atoms with E-state index in [1.54, 1.807) is 0 Å². The number of anilines is 2. The fraction of sp³-hybridized carbons (Fsp3) is 0.364. The molecule has 4 nitrogen and oxygen atoms in total. The zero-order valence-corrected chi connectivity index (χ0v) is 10.8. The number of carbonyl (C=O) groups excluding carboxylic acids is 1. The molecule has 0 fully saturated rings. The minimum absolute atomic E-state index is 0.284. The van der Waals surface area contributed by atoms with Gasteiger partial charge < -0.3 is 16.2 Å². The Morgan fingerprint density at radius 3 is 2.04 bits per heavy atom. The molecule has 0 spiro atoms. The predicted octanol–water partition coefficient (Wildman–Crippen LogP) is 3.08. The number of nitrogens with two attached hydrogens (primary N) is 1. The second-order valence-electron chi connectivity index (χ2n) is 4.34. The van der Waals surface area contributed by atoms with Gasteiger partial charge in [0.25, 0.3) is 0 Å². The summed E-state index contributed by atoms with van der Waals surface area (Å²) in [6.07, 6.45) is -5.13. The molecule has 1 aromatic carbocycles. The van der Waals surface area contributed by atoms with E-state index in [0.29, 0.717) is 6.07 Å². The van der Waals surface area contributed by atoms with E-state index >= 15 is 0 Å². The Labute approximate surface area is 122 Å². The Morgan fingerprint density at radius 1 is 1.09 bits per heavy atom. The van der Waals surface area contributed by atoms with Crippen molar-refractivity contribution in [2.24, 2.45) is 0 Å². The molecule has 23 heavy (non-hydrogen) atoms. The Kier molecular flexibility index (Phi) is 4.69. The first-order valence-electron chi connectivity index (χ1n) is 5.56. The molecule has 1 aromatic rings. The summed E-state index contributed by atoms with van der Waals surface area (Å²) in [5.74, 6) is -22.9. The highest BCUT2D eigenvalue weighted by atomic mass is 19.4. The SMILES string of the molecule is Nc1cc(O)cc(NC(=O)C(F)(F)C(F)(F)C(F)(F)C(F)F)c1. The van der Waals surface area contributed by atoms with E-state index in [4.69, 9.17) is 10.8 Å². The molecule has 0 heterocycles. The third-order valence-electron chi connectivity index (χ3n) is 2.57. The zero-order chi connectivity index (χ0) is 18.2. The normalized spacial score (nSPS) is 13.3. The van der Waals surface area contributed by atoms with Crippen molar-refractivity contribution in [1.29, 1.82) is 0 Å². The van der Waals surface area contributed by atoms with Gasteiger partial charge in [0, 0.05) is 23.5 Å². The molecule has 1 rings (SSSR count). The summed E-state index contributed by atoms with van der Waals surface area (Å²) in [6, 6.07) is 2.22. The maximum atomic E-state index is 13.3. The third-order valence-corrected chi connectivity index (χ3v) is 2.57. The van der Waals surface area contributed by atoms with Gasteiger partial charge in [-0.25, -0.2) is 8.78 Å². The maximum Gasteiger partial charge on any atom is 0.393 e. The van der Waals surface area contributed by atoms with Crippen LogP contribution in [-0.4, -0.2) is 35.2 Å². The van der Waals surface area contributed by atoms with E-state index in [1.807, 2.05) is 0 Å². The quantitative estimate of drug-likeness (QED) is 0.563. The van der Waals surface area contributed by atoms with Gasteiger partial charge in [0.2, 0.25) is 0 Å². The van der Waals surface area contributed by atoms with Crippen LogP contribution >= 0.6 is 0 Å². The van der Waals surface area contributed by atoms with Crippen molar-refractivity contribution in [2.75, 3.05) is 11.1 Å². The fourth-order valence-electron chi connectivity index (χ4n) is 1.41. The number of nitrogen functional groups attached to an aromatic ring is 1. The zero-order valence-electron chi connectivity index (χ0n) is 10.8. The van der Waals surface area contributed by atoms with Gasteiger partial charge in [-0.15, -0.1) is 0 Å². The first-order chi connectivity index (χ1) is 10.2. The second-order valence-corrected chi connectivity index (χ2v) is 4.34. The molecule has 0 unspecified atom stereocenters. The van der Waals surface area contributed by atoms with Crippen LogP contribution in [0.3, 0.4) is 0 Å². The van der Waals surface area contributed by atoms with E-state index in [-0.39, 0.29) is 5.69 Å². The molecule has 0 atom stereocenters. The number of hydrogen-bond donors (Lipinski definition) is 3. The van der Waals surface area contributed by atoms with Gasteiger partial charge in [0.15, 0.2) is 0 Å². The first kappa shape index (κ1) is 18.8. The molecule has 0 radical (unpaired) electrons. The molecule has 0 aromatic heterocycles. The van der Waals surface area contributed by atoms with Crippen LogP contribution in [0.4, 0.5) is 46.5 Å². The van der Waals surface area contributed by atoms with Crippen LogP contribution < -0.4 is 11.1 Å². The number of nitrogens with one attached hydrogen (secondary N) is 1. The summed E-state index contributed by atoms with van der Waals surface area (Å²) >= 11 is 0. The Hall–Kier alpha value is -2.27. The topological polar surface area (TPSA) is 75.3 Å². The fourth-order valence-corrected chi connectivity index (χ4v) is 1.41. The number of amides is 1. The molecular formula is C11H8F8N2O2.